The molecule has 4 nitrogen and oxygen atoms in total. The van der Waals surface area contributed by atoms with Gasteiger partial charge < -0.3 is 0 Å². The zero-order valence-corrected chi connectivity index (χ0v) is 5.81. The van der Waals surface area contributed by atoms with Gasteiger partial charge in [0.2, 0.25) is 0 Å². The van der Waals surface area contributed by atoms with Crippen LogP contribution < -0.4 is 0 Å². The van der Waals surface area contributed by atoms with Crippen molar-refractivity contribution in [1.82, 2.24) is 0 Å². The molecule has 5 heteroatoms. The molecule has 0 bridgehead atoms. The molecule has 2 N–H and O–H groups in total. The Labute approximate surface area is 47.8 Å². The van der Waals surface area contributed by atoms with Gasteiger partial charge in [-0.15, -0.1) is 0 Å². The van der Waals surface area contributed by atoms with Crippen molar-refractivity contribution in [3.8, 4) is 0 Å². The van der Waals surface area contributed by atoms with Crippen LogP contribution in [0.4, 0.5) is 0 Å². The summed E-state index contributed by atoms with van der Waals surface area (Å²) in [6.45, 7) is 1.55. The monoisotopic (exact) mass is 161 g/mol. The van der Waals surface area contributed by atoms with Crippen LogP contribution in [-0.4, -0.2) is 8.32 Å². The molecule has 0 heterocycles. The molecule has 0 aromatic rings. The van der Waals surface area contributed by atoms with Gasteiger partial charge in [0.25, 0.3) is 0 Å². The Balaban J connectivity index is 4.19. The molecular weight excluding hydrogens is 152 g/mol. The van der Waals surface area contributed by atoms with Crippen molar-refractivity contribution in [2.75, 3.05) is 0 Å². The molecule has 51 valence electrons. The third-order valence-corrected chi connectivity index (χ3v) is 2.28. The summed E-state index contributed by atoms with van der Waals surface area (Å²) in [6, 6.07) is 0. The van der Waals surface area contributed by atoms with E-state index in [2.05, 4.69) is 0 Å². The molecule has 0 amide bonds. The van der Waals surface area contributed by atoms with E-state index in [-0.39, 0.29) is 6.42 Å². The second-order valence-corrected chi connectivity index (χ2v) is 5.22. The summed E-state index contributed by atoms with van der Waals surface area (Å²) in [5.74, 6) is 0. The van der Waals surface area contributed by atoms with E-state index in [0.717, 1.165) is 0 Å². The standard InChI is InChI=1S/C3H7.Cr.2H2O.2O/c1-3-2;;;;;/h1,3H2,2H3;;2*1H2;;/q;+2;;;;/p-2. The van der Waals surface area contributed by atoms with Gasteiger partial charge in [0, 0.05) is 0 Å². The molecule has 0 saturated carbocycles. The third kappa shape index (κ3) is 6.05. The maximum atomic E-state index is 10.0. The first-order chi connectivity index (χ1) is 3.31. The van der Waals surface area contributed by atoms with Crippen LogP contribution in [0.5, 0.6) is 0 Å². The van der Waals surface area contributed by atoms with Gasteiger partial charge in [-0.3, -0.25) is 0 Å². The molecule has 0 aromatic carbocycles. The zero-order chi connectivity index (χ0) is 6.86. The second kappa shape index (κ2) is 1.78. The van der Waals surface area contributed by atoms with Gasteiger partial charge in [-0.1, -0.05) is 0 Å². The maximum absolute atomic E-state index is 10.0. The quantitative estimate of drug-likeness (QED) is 0.598. The van der Waals surface area contributed by atoms with Gasteiger partial charge in [0.15, 0.2) is 0 Å². The van der Waals surface area contributed by atoms with E-state index in [1.807, 2.05) is 0 Å². The van der Waals surface area contributed by atoms with E-state index in [1.165, 1.54) is 0 Å². The van der Waals surface area contributed by atoms with Gasteiger partial charge in [-0.2, -0.15) is 0 Å². The summed E-state index contributed by atoms with van der Waals surface area (Å²) >= 11 is -5.95. The van der Waals surface area contributed by atoms with E-state index in [1.54, 1.807) is 6.92 Å². The Morgan fingerprint density at radius 3 is 1.75 bits per heavy atom. The van der Waals surface area contributed by atoms with Gasteiger partial charge in [-0.05, 0) is 0 Å². The number of rotatable bonds is 2. The zero-order valence-electron chi connectivity index (χ0n) is 4.53. The molecule has 0 saturated heterocycles. The average molecular weight is 161 g/mol. The Morgan fingerprint density at radius 1 is 1.38 bits per heavy atom. The summed E-state index contributed by atoms with van der Waals surface area (Å²) < 4.78 is 36.2. The molecule has 0 spiro atoms. The van der Waals surface area contributed by atoms with Crippen LogP contribution in [0, 0.1) is 0 Å². The molecule has 0 radical (unpaired) electrons. The Kier molecular flexibility index (Phi) is 1.79. The molecule has 0 aliphatic rings. The number of hydrogen-bond donors (Lipinski definition) is 2. The van der Waals surface area contributed by atoms with Crippen LogP contribution >= 0.6 is 0 Å². The van der Waals surface area contributed by atoms with Gasteiger partial charge in [0.1, 0.15) is 0 Å². The fourth-order valence-electron chi connectivity index (χ4n) is 0.349. The molecule has 0 aliphatic carbocycles. The van der Waals surface area contributed by atoms with Gasteiger partial charge >= 0.3 is 47.1 Å². The first-order valence-electron chi connectivity index (χ1n) is 2.19. The van der Waals surface area contributed by atoms with Crippen LogP contribution in [0.2, 0.25) is 5.28 Å². The van der Waals surface area contributed by atoms with Gasteiger partial charge in [0.05, 0.1) is 0 Å². The van der Waals surface area contributed by atoms with Crippen LogP contribution in [0.3, 0.4) is 0 Å². The van der Waals surface area contributed by atoms with Crippen molar-refractivity contribution < 1.29 is 28.5 Å². The minimum atomic E-state index is -5.95. The third-order valence-electron chi connectivity index (χ3n) is 0.553. The Hall–Kier alpha value is 0.0525. The molecule has 0 fully saturated rings. The summed E-state index contributed by atoms with van der Waals surface area (Å²) in [6.07, 6.45) is 0.236. The SMILES string of the molecule is CC[CH2][Cr](=[O])(=[O])([OH])[OH]. The normalized spacial score (nSPS) is 17.1. The van der Waals surface area contributed by atoms with Crippen molar-refractivity contribution in [2.45, 2.75) is 18.6 Å². The Bertz CT molecular complexity index is 175. The molecular formula is C3H9CrO4. The van der Waals surface area contributed by atoms with Gasteiger partial charge in [-0.25, -0.2) is 0 Å². The summed E-state index contributed by atoms with van der Waals surface area (Å²) in [5, 5.41) is -0.528. The first kappa shape index (κ1) is 8.05. The van der Waals surface area contributed by atoms with Crippen LogP contribution in [0.1, 0.15) is 13.3 Å². The first-order valence-corrected chi connectivity index (χ1v) is 5.28. The summed E-state index contributed by atoms with van der Waals surface area (Å²) in [7, 11) is 0. The second-order valence-electron chi connectivity index (χ2n) is 1.65. The molecule has 0 aliphatic heterocycles. The number of hydrogen-bond acceptors (Lipinski definition) is 2. The molecule has 0 aromatic heterocycles. The Morgan fingerprint density at radius 2 is 1.75 bits per heavy atom. The molecule has 0 rings (SSSR count). The van der Waals surface area contributed by atoms with E-state index in [4.69, 9.17) is 8.32 Å². The van der Waals surface area contributed by atoms with E-state index in [9.17, 15) is 7.61 Å². The van der Waals surface area contributed by atoms with Crippen LogP contribution in [0.25, 0.3) is 0 Å². The fraction of sp³-hybridized carbons (Fsp3) is 1.00. The van der Waals surface area contributed by atoms with E-state index >= 15 is 0 Å². The van der Waals surface area contributed by atoms with Crippen LogP contribution in [-0.2, 0) is 20.1 Å². The predicted octanol–water partition coefficient (Wildman–Crippen LogP) is 0.00990. The van der Waals surface area contributed by atoms with Crippen molar-refractivity contribution in [1.29, 1.82) is 0 Å². The minimum absolute atomic E-state index is 0.236. The molecule has 8 heavy (non-hydrogen) atoms. The topological polar surface area (TPSA) is 74.6 Å². The average Bonchev–Trinajstić information content (AvgIpc) is 1.25. The van der Waals surface area contributed by atoms with Crippen LogP contribution in [0.15, 0.2) is 0 Å². The van der Waals surface area contributed by atoms with Crippen molar-refractivity contribution in [2.24, 2.45) is 0 Å². The van der Waals surface area contributed by atoms with E-state index in [0.29, 0.717) is 0 Å². The molecule has 0 atom stereocenters. The molecule has 0 unspecified atom stereocenters. The van der Waals surface area contributed by atoms with Crippen molar-refractivity contribution in [3.05, 3.63) is 0 Å². The summed E-state index contributed by atoms with van der Waals surface area (Å²) in [4.78, 5) is 0. The predicted molar refractivity (Wildman–Crippen MR) is 20.9 cm³/mol. The van der Waals surface area contributed by atoms with E-state index < -0.39 is 17.8 Å². The van der Waals surface area contributed by atoms with Crippen molar-refractivity contribution in [3.63, 3.8) is 0 Å². The summed E-state index contributed by atoms with van der Waals surface area (Å²) in [5.41, 5.74) is 0. The fourth-order valence-corrected chi connectivity index (χ4v) is 1.44. The van der Waals surface area contributed by atoms with Crippen molar-refractivity contribution >= 4 is 0 Å².